The first-order valence-electron chi connectivity index (χ1n) is 8.14. The molecule has 2 unspecified atom stereocenters. The Morgan fingerprint density at radius 1 is 1.33 bits per heavy atom. The fraction of sp³-hybridized carbons (Fsp3) is 0.368. The van der Waals surface area contributed by atoms with Crippen molar-refractivity contribution in [1.29, 1.82) is 0 Å². The number of carbonyl (C=O) groups is 2. The van der Waals surface area contributed by atoms with Gasteiger partial charge in [0.1, 0.15) is 12.2 Å². The smallest absolute Gasteiger partial charge is 0.311 e. The molecule has 126 valence electrons. The quantitative estimate of drug-likeness (QED) is 0.903. The van der Waals surface area contributed by atoms with Crippen LogP contribution >= 0.6 is 0 Å². The second-order valence-corrected chi connectivity index (χ2v) is 6.45. The molecule has 2 aromatic rings. The van der Waals surface area contributed by atoms with Crippen LogP contribution in [0.25, 0.3) is 0 Å². The third-order valence-corrected chi connectivity index (χ3v) is 4.70. The van der Waals surface area contributed by atoms with E-state index < -0.39 is 5.97 Å². The van der Waals surface area contributed by atoms with E-state index in [1.54, 1.807) is 6.92 Å². The van der Waals surface area contributed by atoms with E-state index in [1.807, 2.05) is 12.1 Å². The van der Waals surface area contributed by atoms with Gasteiger partial charge in [0, 0.05) is 5.56 Å². The largest absolute Gasteiger partial charge is 0.481 e. The molecule has 2 N–H and O–H groups in total. The number of furan rings is 1. The minimum atomic E-state index is -1.02. The highest BCUT2D eigenvalue weighted by atomic mass is 16.4. The van der Waals surface area contributed by atoms with Crippen LogP contribution in [0.3, 0.4) is 0 Å². The third kappa shape index (κ3) is 3.07. The Labute approximate surface area is 140 Å². The fourth-order valence-electron chi connectivity index (χ4n) is 3.43. The molecule has 0 saturated heterocycles. The summed E-state index contributed by atoms with van der Waals surface area (Å²) in [5, 5.41) is 12.1. The van der Waals surface area contributed by atoms with Gasteiger partial charge in [-0.3, -0.25) is 9.59 Å². The third-order valence-electron chi connectivity index (χ3n) is 4.70. The number of carboxylic acids is 1. The van der Waals surface area contributed by atoms with Crippen LogP contribution in [0.1, 0.15) is 52.2 Å². The van der Waals surface area contributed by atoms with E-state index in [2.05, 4.69) is 24.4 Å². The van der Waals surface area contributed by atoms with Crippen LogP contribution in [-0.2, 0) is 17.6 Å². The number of carboxylic acid groups (broad SMARTS) is 1. The molecule has 0 bridgehead atoms. The zero-order valence-electron chi connectivity index (χ0n) is 13.8. The SMILES string of the molecule is Cc1coc(CC(=O)O)c1C(=O)NC1c2ccccc2CCC1C. The monoisotopic (exact) mass is 327 g/mol. The Balaban J connectivity index is 1.88. The molecule has 1 amide bonds. The predicted molar refractivity (Wildman–Crippen MR) is 88.9 cm³/mol. The first kappa shape index (κ1) is 16.3. The van der Waals surface area contributed by atoms with Crippen molar-refractivity contribution in [1.82, 2.24) is 5.32 Å². The summed E-state index contributed by atoms with van der Waals surface area (Å²) in [6.45, 7) is 3.88. The first-order chi connectivity index (χ1) is 11.5. The standard InChI is InChI=1S/C19H21NO4/c1-11-7-8-13-5-3-4-6-14(13)18(11)20-19(23)17-12(2)10-24-15(17)9-16(21)22/h3-6,10-11,18H,7-9H2,1-2H3,(H,20,23)(H,21,22). The number of hydrogen-bond donors (Lipinski definition) is 2. The minimum Gasteiger partial charge on any atom is -0.481 e. The Hall–Kier alpha value is -2.56. The fourth-order valence-corrected chi connectivity index (χ4v) is 3.43. The molecule has 1 aromatic carbocycles. The average molecular weight is 327 g/mol. The highest BCUT2D eigenvalue weighted by Gasteiger charge is 2.30. The summed E-state index contributed by atoms with van der Waals surface area (Å²) in [5.41, 5.74) is 3.40. The van der Waals surface area contributed by atoms with E-state index in [1.165, 1.54) is 11.8 Å². The van der Waals surface area contributed by atoms with Gasteiger partial charge >= 0.3 is 5.97 Å². The number of fused-ring (bicyclic) bond motifs is 1. The summed E-state index contributed by atoms with van der Waals surface area (Å²) in [4.78, 5) is 23.8. The zero-order valence-corrected chi connectivity index (χ0v) is 13.8. The van der Waals surface area contributed by atoms with Crippen molar-refractivity contribution >= 4 is 11.9 Å². The van der Waals surface area contributed by atoms with Gasteiger partial charge in [-0.1, -0.05) is 31.2 Å². The van der Waals surface area contributed by atoms with E-state index in [0.29, 0.717) is 17.0 Å². The molecule has 5 nitrogen and oxygen atoms in total. The number of nitrogens with one attached hydrogen (secondary N) is 1. The van der Waals surface area contributed by atoms with Crippen molar-refractivity contribution in [3.8, 4) is 0 Å². The summed E-state index contributed by atoms with van der Waals surface area (Å²) in [5.74, 6) is -0.769. The Kier molecular flexibility index (Phi) is 4.42. The van der Waals surface area contributed by atoms with Crippen LogP contribution in [0.15, 0.2) is 34.9 Å². The van der Waals surface area contributed by atoms with Crippen LogP contribution in [0.5, 0.6) is 0 Å². The Morgan fingerprint density at radius 3 is 2.83 bits per heavy atom. The number of aryl methyl sites for hydroxylation is 2. The molecule has 1 aliphatic rings. The van der Waals surface area contributed by atoms with Crippen molar-refractivity contribution in [3.05, 3.63) is 58.5 Å². The second kappa shape index (κ2) is 6.51. The zero-order chi connectivity index (χ0) is 17.3. The maximum atomic E-state index is 12.8. The average Bonchev–Trinajstić information content (AvgIpc) is 2.90. The molecule has 1 heterocycles. The van der Waals surface area contributed by atoms with Crippen molar-refractivity contribution in [2.75, 3.05) is 0 Å². The number of rotatable bonds is 4. The van der Waals surface area contributed by atoms with E-state index in [9.17, 15) is 9.59 Å². The minimum absolute atomic E-state index is 0.0746. The normalized spacial score (nSPS) is 19.6. The molecule has 2 atom stereocenters. The van der Waals surface area contributed by atoms with E-state index in [4.69, 9.17) is 9.52 Å². The molecule has 1 aromatic heterocycles. The van der Waals surface area contributed by atoms with E-state index in [-0.39, 0.29) is 24.1 Å². The second-order valence-electron chi connectivity index (χ2n) is 6.45. The van der Waals surface area contributed by atoms with Crippen LogP contribution in [-0.4, -0.2) is 17.0 Å². The number of benzene rings is 1. The molecular weight excluding hydrogens is 306 g/mol. The molecule has 0 radical (unpaired) electrons. The summed E-state index contributed by atoms with van der Waals surface area (Å²) in [6, 6.07) is 8.07. The summed E-state index contributed by atoms with van der Waals surface area (Å²) in [7, 11) is 0. The number of carbonyl (C=O) groups excluding carboxylic acids is 1. The lowest BCUT2D eigenvalue weighted by molar-refractivity contribution is -0.136. The predicted octanol–water partition coefficient (Wildman–Crippen LogP) is 3.27. The maximum Gasteiger partial charge on any atom is 0.311 e. The number of hydrogen-bond acceptors (Lipinski definition) is 3. The van der Waals surface area contributed by atoms with Gasteiger partial charge in [0.25, 0.3) is 5.91 Å². The van der Waals surface area contributed by atoms with Gasteiger partial charge in [-0.25, -0.2) is 0 Å². The topological polar surface area (TPSA) is 79.5 Å². The molecule has 0 aliphatic heterocycles. The van der Waals surface area contributed by atoms with E-state index >= 15 is 0 Å². The lowest BCUT2D eigenvalue weighted by Crippen LogP contribution is -2.36. The summed E-state index contributed by atoms with van der Waals surface area (Å²) in [6.07, 6.45) is 3.16. The molecular formula is C19H21NO4. The Morgan fingerprint density at radius 2 is 2.08 bits per heavy atom. The number of amides is 1. The van der Waals surface area contributed by atoms with Crippen LogP contribution < -0.4 is 5.32 Å². The molecule has 3 rings (SSSR count). The van der Waals surface area contributed by atoms with Gasteiger partial charge in [0.05, 0.1) is 17.9 Å². The van der Waals surface area contributed by atoms with Gasteiger partial charge in [0.15, 0.2) is 0 Å². The lowest BCUT2D eigenvalue weighted by Gasteiger charge is -2.32. The van der Waals surface area contributed by atoms with Gasteiger partial charge < -0.3 is 14.8 Å². The van der Waals surface area contributed by atoms with Crippen LogP contribution in [0, 0.1) is 12.8 Å². The highest BCUT2D eigenvalue weighted by molar-refractivity contribution is 5.97. The van der Waals surface area contributed by atoms with Crippen molar-refractivity contribution in [2.24, 2.45) is 5.92 Å². The Bertz CT molecular complexity index is 777. The molecule has 0 saturated carbocycles. The summed E-state index contributed by atoms with van der Waals surface area (Å²) >= 11 is 0. The molecule has 1 aliphatic carbocycles. The number of aliphatic carboxylic acids is 1. The van der Waals surface area contributed by atoms with E-state index in [0.717, 1.165) is 18.4 Å². The van der Waals surface area contributed by atoms with Crippen LogP contribution in [0.4, 0.5) is 0 Å². The molecule has 0 spiro atoms. The molecule has 24 heavy (non-hydrogen) atoms. The molecule has 0 fully saturated rings. The van der Waals surface area contributed by atoms with Gasteiger partial charge in [0.2, 0.25) is 0 Å². The first-order valence-corrected chi connectivity index (χ1v) is 8.14. The highest BCUT2D eigenvalue weighted by Crippen LogP contribution is 2.34. The van der Waals surface area contributed by atoms with Crippen molar-refractivity contribution in [3.63, 3.8) is 0 Å². The van der Waals surface area contributed by atoms with Gasteiger partial charge in [-0.2, -0.15) is 0 Å². The van der Waals surface area contributed by atoms with Crippen molar-refractivity contribution < 1.29 is 19.1 Å². The lowest BCUT2D eigenvalue weighted by atomic mass is 9.80. The van der Waals surface area contributed by atoms with Crippen molar-refractivity contribution in [2.45, 2.75) is 39.2 Å². The van der Waals surface area contributed by atoms with Gasteiger partial charge in [-0.15, -0.1) is 0 Å². The van der Waals surface area contributed by atoms with Gasteiger partial charge in [-0.05, 0) is 36.8 Å². The maximum absolute atomic E-state index is 12.8. The molecule has 5 heteroatoms. The summed E-state index contributed by atoms with van der Waals surface area (Å²) < 4.78 is 5.27. The van der Waals surface area contributed by atoms with Crippen LogP contribution in [0.2, 0.25) is 0 Å².